The van der Waals surface area contributed by atoms with E-state index in [1.807, 2.05) is 0 Å². The number of hydrogen-bond acceptors (Lipinski definition) is 6. The summed E-state index contributed by atoms with van der Waals surface area (Å²) in [6.07, 6.45) is 0.764. The van der Waals surface area contributed by atoms with Crippen molar-refractivity contribution in [2.45, 2.75) is 25.2 Å². The minimum Gasteiger partial charge on any atom is -0.296 e. The normalized spacial score (nSPS) is 11.4. The lowest BCUT2D eigenvalue weighted by molar-refractivity contribution is 0.102. The smallest absolute Gasteiger partial charge is 0.264 e. The number of carbonyl (C=O) groups is 1. The number of rotatable bonds is 7. The zero-order valence-corrected chi connectivity index (χ0v) is 18.0. The number of hydrogen-bond donors (Lipinski definition) is 1. The molecule has 1 amide bonds. The van der Waals surface area contributed by atoms with Crippen molar-refractivity contribution in [2.75, 3.05) is 16.7 Å². The first kappa shape index (κ1) is 20.9. The Labute approximate surface area is 174 Å². The molecule has 152 valence electrons. The predicted octanol–water partition coefficient (Wildman–Crippen LogP) is 3.81. The Morgan fingerprint density at radius 3 is 2.41 bits per heavy atom. The van der Waals surface area contributed by atoms with Crippen LogP contribution in [-0.4, -0.2) is 31.6 Å². The van der Waals surface area contributed by atoms with Crippen LogP contribution < -0.4 is 9.62 Å². The van der Waals surface area contributed by atoms with Crippen LogP contribution in [0.2, 0.25) is 0 Å². The summed E-state index contributed by atoms with van der Waals surface area (Å²) in [4.78, 5) is 12.7. The highest BCUT2D eigenvalue weighted by Crippen LogP contribution is 2.26. The molecule has 0 aliphatic carbocycles. The van der Waals surface area contributed by atoms with E-state index in [1.54, 1.807) is 42.5 Å². The molecule has 29 heavy (non-hydrogen) atoms. The van der Waals surface area contributed by atoms with E-state index in [4.69, 9.17) is 0 Å². The van der Waals surface area contributed by atoms with Crippen molar-refractivity contribution in [1.82, 2.24) is 10.2 Å². The third kappa shape index (κ3) is 4.80. The van der Waals surface area contributed by atoms with Crippen molar-refractivity contribution >= 4 is 38.1 Å². The topological polar surface area (TPSA) is 92.3 Å². The van der Waals surface area contributed by atoms with Gasteiger partial charge in [-0.25, -0.2) is 8.42 Å². The molecule has 1 N–H and O–H groups in total. The summed E-state index contributed by atoms with van der Waals surface area (Å²) in [6.45, 7) is 4.15. The number of nitrogens with one attached hydrogen (secondary N) is 1. The molecule has 0 unspecified atom stereocenters. The highest BCUT2D eigenvalue weighted by atomic mass is 32.2. The minimum absolute atomic E-state index is 0.0518. The molecule has 0 fully saturated rings. The Morgan fingerprint density at radius 2 is 1.72 bits per heavy atom. The molecule has 3 aromatic rings. The monoisotopic (exact) mass is 430 g/mol. The van der Waals surface area contributed by atoms with Crippen LogP contribution in [0.1, 0.15) is 29.2 Å². The van der Waals surface area contributed by atoms with Gasteiger partial charge in [-0.1, -0.05) is 55.5 Å². The van der Waals surface area contributed by atoms with E-state index in [0.29, 0.717) is 16.7 Å². The first-order valence-electron chi connectivity index (χ1n) is 9.05. The van der Waals surface area contributed by atoms with E-state index in [2.05, 4.69) is 29.4 Å². The van der Waals surface area contributed by atoms with Crippen LogP contribution in [0.15, 0.2) is 59.5 Å². The summed E-state index contributed by atoms with van der Waals surface area (Å²) in [6, 6.07) is 14.8. The van der Waals surface area contributed by atoms with Gasteiger partial charge in [0.1, 0.15) is 9.90 Å². The molecule has 0 atom stereocenters. The summed E-state index contributed by atoms with van der Waals surface area (Å²) in [5.41, 5.74) is 0.557. The molecule has 0 aliphatic heterocycles. The van der Waals surface area contributed by atoms with E-state index in [0.717, 1.165) is 15.7 Å². The quantitative estimate of drug-likeness (QED) is 0.615. The summed E-state index contributed by atoms with van der Waals surface area (Å²) in [7, 11) is -2.47. The van der Waals surface area contributed by atoms with Crippen molar-refractivity contribution < 1.29 is 13.2 Å². The molecule has 0 bridgehead atoms. The van der Waals surface area contributed by atoms with E-state index in [-0.39, 0.29) is 10.5 Å². The van der Waals surface area contributed by atoms with Gasteiger partial charge in [0.05, 0.1) is 11.3 Å². The van der Waals surface area contributed by atoms with Gasteiger partial charge in [-0.3, -0.25) is 14.4 Å². The SMILES string of the molecule is CC(C)Cc1nnc(NC(=O)c2ccccc2S(=O)(=O)N(C)c2ccccc2)s1. The van der Waals surface area contributed by atoms with E-state index >= 15 is 0 Å². The van der Waals surface area contributed by atoms with Crippen LogP contribution in [-0.2, 0) is 16.4 Å². The standard InChI is InChI=1S/C20H22N4O3S2/c1-14(2)13-18-22-23-20(28-18)21-19(25)16-11-7-8-12-17(16)29(26,27)24(3)15-9-5-4-6-10-15/h4-12,14H,13H2,1-3H3,(H,21,23,25). The van der Waals surface area contributed by atoms with Crippen LogP contribution >= 0.6 is 11.3 Å². The zero-order chi connectivity index (χ0) is 21.0. The maximum Gasteiger partial charge on any atom is 0.264 e. The van der Waals surface area contributed by atoms with Crippen molar-refractivity contribution in [1.29, 1.82) is 0 Å². The molecule has 0 saturated carbocycles. The second-order valence-electron chi connectivity index (χ2n) is 6.86. The number of amides is 1. The molecule has 0 aliphatic rings. The van der Waals surface area contributed by atoms with Crippen LogP contribution in [0.25, 0.3) is 0 Å². The van der Waals surface area contributed by atoms with Crippen LogP contribution in [0.4, 0.5) is 10.8 Å². The Bertz CT molecular complexity index is 1100. The van der Waals surface area contributed by atoms with Crippen LogP contribution in [0, 0.1) is 5.92 Å². The van der Waals surface area contributed by atoms with Gasteiger partial charge in [0.15, 0.2) is 0 Å². The highest BCUT2D eigenvalue weighted by Gasteiger charge is 2.27. The number of benzene rings is 2. The fourth-order valence-electron chi connectivity index (χ4n) is 2.70. The molecule has 0 saturated heterocycles. The van der Waals surface area contributed by atoms with Crippen LogP contribution in [0.3, 0.4) is 0 Å². The van der Waals surface area contributed by atoms with Gasteiger partial charge in [-0.05, 0) is 30.2 Å². The Balaban J connectivity index is 1.88. The van der Waals surface area contributed by atoms with Gasteiger partial charge >= 0.3 is 0 Å². The summed E-state index contributed by atoms with van der Waals surface area (Å²) >= 11 is 1.29. The molecule has 7 nitrogen and oxygen atoms in total. The Kier molecular flexibility index (Phi) is 6.29. The molecule has 0 radical (unpaired) electrons. The first-order chi connectivity index (χ1) is 13.8. The van der Waals surface area contributed by atoms with Gasteiger partial charge in [0.2, 0.25) is 5.13 Å². The summed E-state index contributed by atoms with van der Waals surface area (Å²) in [5, 5.41) is 11.9. The number of sulfonamides is 1. The number of carbonyl (C=O) groups excluding carboxylic acids is 1. The average Bonchev–Trinajstić information content (AvgIpc) is 3.14. The number of nitrogens with zero attached hydrogens (tertiary/aromatic N) is 3. The molecule has 2 aromatic carbocycles. The lowest BCUT2D eigenvalue weighted by Crippen LogP contribution is -2.28. The summed E-state index contributed by atoms with van der Waals surface area (Å²) in [5.74, 6) is -0.122. The third-order valence-corrected chi connectivity index (χ3v) is 6.86. The van der Waals surface area contributed by atoms with Crippen LogP contribution in [0.5, 0.6) is 0 Å². The van der Waals surface area contributed by atoms with Gasteiger partial charge in [-0.15, -0.1) is 10.2 Å². The molecule has 1 aromatic heterocycles. The second-order valence-corrected chi connectivity index (χ2v) is 9.86. The van der Waals surface area contributed by atoms with E-state index in [1.165, 1.54) is 30.5 Å². The molecule has 3 rings (SSSR count). The fourth-order valence-corrected chi connectivity index (χ4v) is 5.03. The Hall–Kier alpha value is -2.78. The van der Waals surface area contributed by atoms with E-state index < -0.39 is 15.9 Å². The summed E-state index contributed by atoms with van der Waals surface area (Å²) < 4.78 is 27.5. The largest absolute Gasteiger partial charge is 0.296 e. The number of anilines is 2. The maximum atomic E-state index is 13.2. The van der Waals surface area contributed by atoms with E-state index in [9.17, 15) is 13.2 Å². The zero-order valence-electron chi connectivity index (χ0n) is 16.4. The average molecular weight is 431 g/mol. The molecular weight excluding hydrogens is 408 g/mol. The maximum absolute atomic E-state index is 13.2. The van der Waals surface area contributed by atoms with Gasteiger partial charge in [-0.2, -0.15) is 0 Å². The lowest BCUT2D eigenvalue weighted by Gasteiger charge is -2.20. The minimum atomic E-state index is -3.93. The third-order valence-electron chi connectivity index (χ3n) is 4.16. The lowest BCUT2D eigenvalue weighted by atomic mass is 10.1. The fraction of sp³-hybridized carbons (Fsp3) is 0.250. The van der Waals surface area contributed by atoms with Crippen molar-refractivity contribution in [3.63, 3.8) is 0 Å². The van der Waals surface area contributed by atoms with Gasteiger partial charge < -0.3 is 0 Å². The Morgan fingerprint density at radius 1 is 1.07 bits per heavy atom. The van der Waals surface area contributed by atoms with Gasteiger partial charge in [0.25, 0.3) is 15.9 Å². The van der Waals surface area contributed by atoms with Gasteiger partial charge in [0, 0.05) is 13.5 Å². The first-order valence-corrected chi connectivity index (χ1v) is 11.3. The molecule has 1 heterocycles. The second kappa shape index (κ2) is 8.71. The highest BCUT2D eigenvalue weighted by molar-refractivity contribution is 7.92. The molecule has 9 heteroatoms. The predicted molar refractivity (Wildman–Crippen MR) is 115 cm³/mol. The number of aromatic nitrogens is 2. The van der Waals surface area contributed by atoms with Crippen molar-refractivity contribution in [3.05, 3.63) is 65.2 Å². The van der Waals surface area contributed by atoms with Crippen molar-refractivity contribution in [2.24, 2.45) is 5.92 Å². The molecular formula is C20H22N4O3S2. The molecule has 0 spiro atoms. The van der Waals surface area contributed by atoms with Crippen molar-refractivity contribution in [3.8, 4) is 0 Å². The number of para-hydroxylation sites is 1.